The molecule has 2 rings (SSSR count). The Morgan fingerprint density at radius 2 is 2.36 bits per heavy atom. The summed E-state index contributed by atoms with van der Waals surface area (Å²) in [6.45, 7) is 3.07. The van der Waals surface area contributed by atoms with Crippen LogP contribution < -0.4 is 4.90 Å². The predicted molar refractivity (Wildman–Crippen MR) is 42.8 cm³/mol. The van der Waals surface area contributed by atoms with Gasteiger partial charge >= 0.3 is 0 Å². The van der Waals surface area contributed by atoms with E-state index in [1.54, 1.807) is 0 Å². The third-order valence-corrected chi connectivity index (χ3v) is 2.25. The number of aromatic nitrogens is 1. The fourth-order valence-corrected chi connectivity index (χ4v) is 1.57. The maximum atomic E-state index is 5.10. The molecule has 11 heavy (non-hydrogen) atoms. The van der Waals surface area contributed by atoms with Crippen LogP contribution in [0, 0.1) is 6.92 Å². The monoisotopic (exact) mass is 152 g/mol. The van der Waals surface area contributed by atoms with Gasteiger partial charge in [-0.05, 0) is 19.8 Å². The van der Waals surface area contributed by atoms with Crippen molar-refractivity contribution in [3.63, 3.8) is 0 Å². The largest absolute Gasteiger partial charge is 0.359 e. The molecule has 0 spiro atoms. The standard InChI is InChI=1S/C8H12N2O/c1-6-7-4-3-5-10(2)8(7)9-11-6/h3-5H2,1-2H3. The van der Waals surface area contributed by atoms with Gasteiger partial charge in [-0.2, -0.15) is 0 Å². The van der Waals surface area contributed by atoms with Crippen molar-refractivity contribution in [3.05, 3.63) is 11.3 Å². The van der Waals surface area contributed by atoms with Crippen LogP contribution >= 0.6 is 0 Å². The van der Waals surface area contributed by atoms with Crippen LogP contribution in [0.2, 0.25) is 0 Å². The molecule has 0 radical (unpaired) electrons. The molecule has 1 aliphatic heterocycles. The van der Waals surface area contributed by atoms with E-state index >= 15 is 0 Å². The SMILES string of the molecule is Cc1onc2c1CCCN2C. The normalized spacial score (nSPS) is 16.7. The first-order chi connectivity index (χ1) is 5.29. The van der Waals surface area contributed by atoms with Crippen LogP contribution in [0.4, 0.5) is 5.82 Å². The molecule has 0 atom stereocenters. The highest BCUT2D eigenvalue weighted by molar-refractivity contribution is 5.48. The minimum absolute atomic E-state index is 0.978. The summed E-state index contributed by atoms with van der Waals surface area (Å²) in [5.41, 5.74) is 1.29. The van der Waals surface area contributed by atoms with Crippen molar-refractivity contribution < 1.29 is 4.52 Å². The molecule has 60 valence electrons. The number of nitrogens with zero attached hydrogens (tertiary/aromatic N) is 2. The lowest BCUT2D eigenvalue weighted by Crippen LogP contribution is -2.24. The van der Waals surface area contributed by atoms with E-state index in [1.165, 1.54) is 12.0 Å². The molecule has 3 nitrogen and oxygen atoms in total. The Hall–Kier alpha value is -0.990. The van der Waals surface area contributed by atoms with Crippen LogP contribution in [0.1, 0.15) is 17.7 Å². The molecule has 1 aromatic heterocycles. The molecule has 0 N–H and O–H groups in total. The van der Waals surface area contributed by atoms with Gasteiger partial charge in [-0.1, -0.05) is 5.16 Å². The summed E-state index contributed by atoms with van der Waals surface area (Å²) >= 11 is 0. The van der Waals surface area contributed by atoms with Gasteiger partial charge in [-0.3, -0.25) is 0 Å². The highest BCUT2D eigenvalue weighted by Crippen LogP contribution is 2.26. The molecule has 0 aromatic carbocycles. The van der Waals surface area contributed by atoms with Gasteiger partial charge in [-0.25, -0.2) is 0 Å². The van der Waals surface area contributed by atoms with E-state index in [0.717, 1.165) is 24.5 Å². The topological polar surface area (TPSA) is 29.3 Å². The second kappa shape index (κ2) is 2.26. The number of anilines is 1. The molecule has 0 amide bonds. The Kier molecular flexibility index (Phi) is 1.37. The van der Waals surface area contributed by atoms with Gasteiger partial charge in [0.05, 0.1) is 0 Å². The van der Waals surface area contributed by atoms with E-state index in [9.17, 15) is 0 Å². The van der Waals surface area contributed by atoms with Crippen molar-refractivity contribution in [2.75, 3.05) is 18.5 Å². The first-order valence-corrected chi connectivity index (χ1v) is 3.95. The summed E-state index contributed by atoms with van der Waals surface area (Å²) in [7, 11) is 2.06. The fraction of sp³-hybridized carbons (Fsp3) is 0.625. The summed E-state index contributed by atoms with van der Waals surface area (Å²) in [4.78, 5) is 2.15. The molecule has 3 heteroatoms. The van der Waals surface area contributed by atoms with Gasteiger partial charge in [0.1, 0.15) is 5.76 Å². The maximum Gasteiger partial charge on any atom is 0.175 e. The molecule has 0 unspecified atom stereocenters. The number of hydrogen-bond donors (Lipinski definition) is 0. The molecule has 1 aliphatic rings. The highest BCUT2D eigenvalue weighted by Gasteiger charge is 2.19. The van der Waals surface area contributed by atoms with E-state index in [4.69, 9.17) is 4.52 Å². The number of fused-ring (bicyclic) bond motifs is 1. The van der Waals surface area contributed by atoms with Gasteiger partial charge in [0, 0.05) is 19.2 Å². The molecular formula is C8H12N2O. The number of hydrogen-bond acceptors (Lipinski definition) is 3. The average Bonchev–Trinajstić information content (AvgIpc) is 2.35. The van der Waals surface area contributed by atoms with Crippen molar-refractivity contribution in [2.45, 2.75) is 19.8 Å². The Bertz CT molecular complexity index is 267. The minimum atomic E-state index is 0.978. The zero-order valence-corrected chi connectivity index (χ0v) is 6.92. The lowest BCUT2D eigenvalue weighted by atomic mass is 10.1. The molecule has 0 bridgehead atoms. The van der Waals surface area contributed by atoms with Gasteiger partial charge in [-0.15, -0.1) is 0 Å². The third-order valence-electron chi connectivity index (χ3n) is 2.25. The Balaban J connectivity index is 2.46. The van der Waals surface area contributed by atoms with E-state index in [-0.39, 0.29) is 0 Å². The van der Waals surface area contributed by atoms with Crippen LogP contribution in [0.25, 0.3) is 0 Å². The van der Waals surface area contributed by atoms with Gasteiger partial charge in [0.15, 0.2) is 5.82 Å². The van der Waals surface area contributed by atoms with Crippen molar-refractivity contribution >= 4 is 5.82 Å². The molecule has 1 aromatic rings. The number of aryl methyl sites for hydroxylation is 1. The molecule has 0 saturated heterocycles. The van der Waals surface area contributed by atoms with Crippen molar-refractivity contribution in [2.24, 2.45) is 0 Å². The number of rotatable bonds is 0. The van der Waals surface area contributed by atoms with Crippen LogP contribution in [-0.4, -0.2) is 18.7 Å². The van der Waals surface area contributed by atoms with E-state index < -0.39 is 0 Å². The fourth-order valence-electron chi connectivity index (χ4n) is 1.57. The first-order valence-electron chi connectivity index (χ1n) is 3.95. The zero-order chi connectivity index (χ0) is 7.84. The van der Waals surface area contributed by atoms with Gasteiger partial charge < -0.3 is 9.42 Å². The molecule has 0 saturated carbocycles. The zero-order valence-electron chi connectivity index (χ0n) is 6.92. The third kappa shape index (κ3) is 0.914. The van der Waals surface area contributed by atoms with Crippen LogP contribution in [0.5, 0.6) is 0 Å². The summed E-state index contributed by atoms with van der Waals surface area (Å²) in [6.07, 6.45) is 2.33. The highest BCUT2D eigenvalue weighted by atomic mass is 16.5. The van der Waals surface area contributed by atoms with Crippen molar-refractivity contribution in [1.29, 1.82) is 0 Å². The lowest BCUT2D eigenvalue weighted by molar-refractivity contribution is 0.397. The Labute approximate surface area is 66.0 Å². The van der Waals surface area contributed by atoms with Gasteiger partial charge in [0.25, 0.3) is 0 Å². The Morgan fingerprint density at radius 1 is 1.55 bits per heavy atom. The first kappa shape index (κ1) is 6.70. The second-order valence-electron chi connectivity index (χ2n) is 3.07. The molecule has 0 aliphatic carbocycles. The molecule has 0 fully saturated rings. The molecule has 2 heterocycles. The van der Waals surface area contributed by atoms with E-state index in [0.29, 0.717) is 0 Å². The van der Waals surface area contributed by atoms with Crippen LogP contribution in [0.15, 0.2) is 4.52 Å². The van der Waals surface area contributed by atoms with Crippen molar-refractivity contribution in [1.82, 2.24) is 5.16 Å². The molecular weight excluding hydrogens is 140 g/mol. The van der Waals surface area contributed by atoms with Gasteiger partial charge in [0.2, 0.25) is 0 Å². The van der Waals surface area contributed by atoms with Crippen molar-refractivity contribution in [3.8, 4) is 0 Å². The quantitative estimate of drug-likeness (QED) is 0.562. The average molecular weight is 152 g/mol. The van der Waals surface area contributed by atoms with E-state index in [2.05, 4.69) is 17.1 Å². The Morgan fingerprint density at radius 3 is 3.09 bits per heavy atom. The van der Waals surface area contributed by atoms with E-state index in [1.807, 2.05) is 6.92 Å². The summed E-state index contributed by atoms with van der Waals surface area (Å²) in [5, 5.41) is 3.99. The predicted octanol–water partition coefficient (Wildman–Crippen LogP) is 1.37. The second-order valence-corrected chi connectivity index (χ2v) is 3.07. The van der Waals surface area contributed by atoms with Crippen LogP contribution in [-0.2, 0) is 6.42 Å². The smallest absolute Gasteiger partial charge is 0.175 e. The summed E-state index contributed by atoms with van der Waals surface area (Å²) in [5.74, 6) is 2.01. The lowest BCUT2D eigenvalue weighted by Gasteiger charge is -2.21. The minimum Gasteiger partial charge on any atom is -0.359 e. The maximum absolute atomic E-state index is 5.10. The summed E-state index contributed by atoms with van der Waals surface area (Å²) < 4.78 is 5.10. The summed E-state index contributed by atoms with van der Waals surface area (Å²) in [6, 6.07) is 0. The van der Waals surface area contributed by atoms with Crippen LogP contribution in [0.3, 0.4) is 0 Å².